The van der Waals surface area contributed by atoms with Crippen LogP contribution in [0.2, 0.25) is 0 Å². The molecule has 28 heavy (non-hydrogen) atoms. The third kappa shape index (κ3) is 3.45. The van der Waals surface area contributed by atoms with Crippen molar-refractivity contribution in [2.24, 2.45) is 0 Å². The zero-order valence-corrected chi connectivity index (χ0v) is 15.4. The highest BCUT2D eigenvalue weighted by molar-refractivity contribution is 6.06. The van der Waals surface area contributed by atoms with E-state index in [-0.39, 0.29) is 0 Å². The number of rotatable bonds is 4. The lowest BCUT2D eigenvalue weighted by Gasteiger charge is -2.16. The van der Waals surface area contributed by atoms with Crippen molar-refractivity contribution in [3.05, 3.63) is 71.2 Å². The van der Waals surface area contributed by atoms with E-state index in [1.54, 1.807) is 0 Å². The maximum atomic E-state index is 13.0. The van der Waals surface area contributed by atoms with Gasteiger partial charge in [0, 0.05) is 16.8 Å². The van der Waals surface area contributed by atoms with Crippen molar-refractivity contribution in [3.8, 4) is 0 Å². The number of nitrogens with one attached hydrogen (secondary N) is 1. The maximum Gasteiger partial charge on any atom is 0.339 e. The molecule has 1 aromatic heterocycles. The molecule has 0 fully saturated rings. The molecule has 0 spiro atoms. The number of hydrogen-bond acceptors (Lipinski definition) is 4. The lowest BCUT2D eigenvalue weighted by molar-refractivity contribution is -0.123. The second-order valence-corrected chi connectivity index (χ2v) is 6.83. The number of fused-ring (bicyclic) bond motifs is 2. The predicted molar refractivity (Wildman–Crippen MR) is 104 cm³/mol. The van der Waals surface area contributed by atoms with Gasteiger partial charge in [0.05, 0.1) is 11.1 Å². The fourth-order valence-electron chi connectivity index (χ4n) is 3.49. The van der Waals surface area contributed by atoms with E-state index in [9.17, 15) is 14.0 Å². The van der Waals surface area contributed by atoms with Crippen molar-refractivity contribution in [3.63, 3.8) is 0 Å². The molecule has 6 heteroatoms. The number of hydrogen-bond donors (Lipinski definition) is 1. The van der Waals surface area contributed by atoms with Gasteiger partial charge >= 0.3 is 5.97 Å². The summed E-state index contributed by atoms with van der Waals surface area (Å²) in [5, 5.41) is 3.36. The lowest BCUT2D eigenvalue weighted by atomic mass is 10.0. The van der Waals surface area contributed by atoms with E-state index in [0.29, 0.717) is 11.3 Å². The number of carbonyl (C=O) groups is 2. The average Bonchev–Trinajstić information content (AvgIpc) is 3.15. The van der Waals surface area contributed by atoms with Crippen LogP contribution in [0, 0.1) is 5.82 Å². The molecule has 3 aromatic rings. The molecule has 0 bridgehead atoms. The number of amides is 1. The number of aromatic nitrogens is 1. The van der Waals surface area contributed by atoms with Crippen molar-refractivity contribution >= 4 is 28.5 Å². The summed E-state index contributed by atoms with van der Waals surface area (Å²) in [5.74, 6) is -1.40. The highest BCUT2D eigenvalue weighted by atomic mass is 19.1. The smallest absolute Gasteiger partial charge is 0.339 e. The second-order valence-electron chi connectivity index (χ2n) is 6.83. The summed E-state index contributed by atoms with van der Waals surface area (Å²) in [5.41, 5.74) is 3.52. The van der Waals surface area contributed by atoms with Crippen molar-refractivity contribution in [2.75, 3.05) is 5.32 Å². The molecular weight excluding hydrogens is 359 g/mol. The fraction of sp³-hybridized carbons (Fsp3) is 0.227. The molecule has 0 saturated carbocycles. The summed E-state index contributed by atoms with van der Waals surface area (Å²) < 4.78 is 18.5. The van der Waals surface area contributed by atoms with E-state index in [2.05, 4.69) is 10.3 Å². The van der Waals surface area contributed by atoms with Crippen LogP contribution in [0.3, 0.4) is 0 Å². The molecule has 4 rings (SSSR count). The molecule has 1 amide bonds. The van der Waals surface area contributed by atoms with Crippen LogP contribution in [0.25, 0.3) is 10.9 Å². The molecule has 1 atom stereocenters. The average molecular weight is 378 g/mol. The van der Waals surface area contributed by atoms with Gasteiger partial charge in [-0.15, -0.1) is 0 Å². The Hall–Kier alpha value is -3.28. The standard InChI is InChI=1S/C22H19FN2O3/c1-13(21(26)24-15-11-9-14(23)10-12-15)28-22(27)20-16-5-2-3-7-18(16)25-19-8-4-6-17(19)20/h2-3,5,7,9-13H,4,6,8H2,1H3,(H,24,26)/t13-/m0/s1. The van der Waals surface area contributed by atoms with Crippen LogP contribution in [0.5, 0.6) is 0 Å². The number of benzene rings is 2. The van der Waals surface area contributed by atoms with Gasteiger partial charge in [0.2, 0.25) is 0 Å². The topological polar surface area (TPSA) is 68.3 Å². The Morgan fingerprint density at radius 1 is 1.11 bits per heavy atom. The van der Waals surface area contributed by atoms with Gasteiger partial charge < -0.3 is 10.1 Å². The van der Waals surface area contributed by atoms with Gasteiger partial charge in [-0.25, -0.2) is 9.18 Å². The monoisotopic (exact) mass is 378 g/mol. The summed E-state index contributed by atoms with van der Waals surface area (Å²) in [6.45, 7) is 1.51. The van der Waals surface area contributed by atoms with Gasteiger partial charge in [-0.3, -0.25) is 9.78 Å². The van der Waals surface area contributed by atoms with E-state index in [0.717, 1.165) is 41.4 Å². The summed E-state index contributed by atoms with van der Waals surface area (Å²) >= 11 is 0. The molecule has 1 heterocycles. The minimum atomic E-state index is -0.999. The summed E-state index contributed by atoms with van der Waals surface area (Å²) in [6, 6.07) is 12.8. The SMILES string of the molecule is C[C@H](OC(=O)c1c2c(nc3ccccc13)CCC2)C(=O)Nc1ccc(F)cc1. The maximum absolute atomic E-state index is 13.0. The first-order chi connectivity index (χ1) is 13.5. The molecule has 2 aromatic carbocycles. The number of aryl methyl sites for hydroxylation is 1. The highest BCUT2D eigenvalue weighted by Crippen LogP contribution is 2.30. The highest BCUT2D eigenvalue weighted by Gasteiger charge is 2.27. The van der Waals surface area contributed by atoms with E-state index >= 15 is 0 Å². The molecule has 5 nitrogen and oxygen atoms in total. The molecule has 0 unspecified atom stereocenters. The number of carbonyl (C=O) groups excluding carboxylic acids is 2. The first-order valence-corrected chi connectivity index (χ1v) is 9.21. The number of nitrogens with zero attached hydrogens (tertiary/aromatic N) is 1. The molecule has 142 valence electrons. The van der Waals surface area contributed by atoms with Gasteiger partial charge in [-0.2, -0.15) is 0 Å². The summed E-state index contributed by atoms with van der Waals surface area (Å²) in [4.78, 5) is 30.0. The van der Waals surface area contributed by atoms with Crippen LogP contribution < -0.4 is 5.32 Å². The number of anilines is 1. The zero-order chi connectivity index (χ0) is 19.7. The molecule has 0 radical (unpaired) electrons. The number of halogens is 1. The molecule has 1 N–H and O–H groups in total. The lowest BCUT2D eigenvalue weighted by Crippen LogP contribution is -2.30. The first-order valence-electron chi connectivity index (χ1n) is 9.21. The van der Waals surface area contributed by atoms with Gasteiger partial charge in [0.25, 0.3) is 5.91 Å². The fourth-order valence-corrected chi connectivity index (χ4v) is 3.49. The largest absolute Gasteiger partial charge is 0.449 e. The second kappa shape index (κ2) is 7.38. The molecular formula is C22H19FN2O3. The minimum absolute atomic E-state index is 0.393. The minimum Gasteiger partial charge on any atom is -0.449 e. The molecule has 1 aliphatic rings. The van der Waals surface area contributed by atoms with Crippen LogP contribution >= 0.6 is 0 Å². The third-order valence-electron chi connectivity index (χ3n) is 4.89. The Morgan fingerprint density at radius 2 is 1.86 bits per heavy atom. The van der Waals surface area contributed by atoms with Crippen LogP contribution in [-0.4, -0.2) is 23.0 Å². The van der Waals surface area contributed by atoms with Gasteiger partial charge in [-0.05, 0) is 62.1 Å². The van der Waals surface area contributed by atoms with Crippen LogP contribution in [0.4, 0.5) is 10.1 Å². The van der Waals surface area contributed by atoms with Crippen molar-refractivity contribution in [1.29, 1.82) is 0 Å². The normalized spacial score (nSPS) is 13.8. The van der Waals surface area contributed by atoms with Gasteiger partial charge in [-0.1, -0.05) is 18.2 Å². The third-order valence-corrected chi connectivity index (χ3v) is 4.89. The Bertz CT molecular complexity index is 1060. The van der Waals surface area contributed by atoms with Crippen LogP contribution in [0.15, 0.2) is 48.5 Å². The Morgan fingerprint density at radius 3 is 2.64 bits per heavy atom. The first kappa shape index (κ1) is 18.1. The number of esters is 1. The van der Waals surface area contributed by atoms with E-state index < -0.39 is 23.8 Å². The van der Waals surface area contributed by atoms with Crippen molar-refractivity contribution in [1.82, 2.24) is 4.98 Å². The summed E-state index contributed by atoms with van der Waals surface area (Å²) in [6.07, 6.45) is 1.55. The Kier molecular flexibility index (Phi) is 4.77. The molecule has 1 aliphatic carbocycles. The Labute approximate surface area is 161 Å². The van der Waals surface area contributed by atoms with E-state index in [1.807, 2.05) is 24.3 Å². The van der Waals surface area contributed by atoms with Gasteiger partial charge in [0.1, 0.15) is 5.82 Å². The van der Waals surface area contributed by atoms with Gasteiger partial charge in [0.15, 0.2) is 6.10 Å². The van der Waals surface area contributed by atoms with Crippen molar-refractivity contribution < 1.29 is 18.7 Å². The quantitative estimate of drug-likeness (QED) is 0.696. The van der Waals surface area contributed by atoms with Crippen LogP contribution in [-0.2, 0) is 22.4 Å². The number of para-hydroxylation sites is 1. The molecule has 0 saturated heterocycles. The predicted octanol–water partition coefficient (Wildman–Crippen LogP) is 4.05. The molecule has 0 aliphatic heterocycles. The summed E-state index contributed by atoms with van der Waals surface area (Å²) in [7, 11) is 0. The Balaban J connectivity index is 1.57. The van der Waals surface area contributed by atoms with E-state index in [4.69, 9.17) is 4.74 Å². The van der Waals surface area contributed by atoms with Crippen LogP contribution in [0.1, 0.15) is 35.0 Å². The van der Waals surface area contributed by atoms with Crippen molar-refractivity contribution in [2.45, 2.75) is 32.3 Å². The zero-order valence-electron chi connectivity index (χ0n) is 15.4. The number of ether oxygens (including phenoxy) is 1. The van der Waals surface area contributed by atoms with E-state index in [1.165, 1.54) is 31.2 Å². The number of pyridine rings is 1.